The molecule has 0 radical (unpaired) electrons. The van der Waals surface area contributed by atoms with Gasteiger partial charge in [0.05, 0.1) is 22.4 Å². The van der Waals surface area contributed by atoms with Crippen molar-refractivity contribution >= 4 is 22.5 Å². The lowest BCUT2D eigenvalue weighted by atomic mass is 10.2. The van der Waals surface area contributed by atoms with Crippen molar-refractivity contribution in [3.8, 4) is 11.4 Å². The van der Waals surface area contributed by atoms with Crippen molar-refractivity contribution in [3.05, 3.63) is 59.5 Å². The highest BCUT2D eigenvalue weighted by atomic mass is 35.5. The monoisotopic (exact) mass is 304 g/mol. The Labute approximate surface area is 126 Å². The fourth-order valence-electron chi connectivity index (χ4n) is 2.32. The number of para-hydroxylation sites is 1. The summed E-state index contributed by atoms with van der Waals surface area (Å²) in [5, 5.41) is 1.26. The second kappa shape index (κ2) is 5.39. The van der Waals surface area contributed by atoms with Crippen molar-refractivity contribution < 1.29 is 9.13 Å². The Kier molecular flexibility index (Phi) is 3.57. The topological polar surface area (TPSA) is 40.2 Å². The van der Waals surface area contributed by atoms with Crippen LogP contribution in [0.1, 0.15) is 6.92 Å². The third-order valence-corrected chi connectivity index (χ3v) is 3.46. The van der Waals surface area contributed by atoms with Crippen LogP contribution in [0, 0.1) is 5.82 Å². The lowest BCUT2D eigenvalue weighted by molar-refractivity contribution is 0.233. The van der Waals surface area contributed by atoms with Gasteiger partial charge in [0.15, 0.2) is 0 Å². The van der Waals surface area contributed by atoms with E-state index < -0.39 is 6.23 Å². The molecule has 1 atom stereocenters. The van der Waals surface area contributed by atoms with E-state index in [2.05, 4.69) is 0 Å². The third kappa shape index (κ3) is 2.60. The molecule has 3 aromatic rings. The lowest BCUT2D eigenvalue weighted by Gasteiger charge is -2.08. The number of hydrogen-bond acceptors (Lipinski definition) is 2. The molecule has 3 rings (SSSR count). The summed E-state index contributed by atoms with van der Waals surface area (Å²) in [6, 6.07) is 12.0. The Hall–Kier alpha value is -2.04. The predicted octanol–water partition coefficient (Wildman–Crippen LogP) is 4.11. The molecule has 2 N–H and O–H groups in total. The molecule has 0 spiro atoms. The van der Waals surface area contributed by atoms with Gasteiger partial charge in [-0.2, -0.15) is 0 Å². The summed E-state index contributed by atoms with van der Waals surface area (Å²) in [6.45, 7) is 1.76. The smallest absolute Gasteiger partial charge is 0.147 e. The molecule has 2 aromatic carbocycles. The Balaban J connectivity index is 2.23. The van der Waals surface area contributed by atoms with E-state index in [0.29, 0.717) is 16.5 Å². The van der Waals surface area contributed by atoms with Crippen LogP contribution in [0.25, 0.3) is 16.6 Å². The molecular formula is C16H14ClFN2O. The van der Waals surface area contributed by atoms with Gasteiger partial charge in [-0.05, 0) is 37.3 Å². The van der Waals surface area contributed by atoms with Gasteiger partial charge in [0.2, 0.25) is 0 Å². The molecule has 1 aromatic heterocycles. The zero-order valence-electron chi connectivity index (χ0n) is 11.4. The van der Waals surface area contributed by atoms with Gasteiger partial charge in [-0.3, -0.25) is 5.73 Å². The number of halogens is 2. The third-order valence-electron chi connectivity index (χ3n) is 3.16. The molecular weight excluding hydrogens is 291 g/mol. The minimum absolute atomic E-state index is 0.336. The highest BCUT2D eigenvalue weighted by Crippen LogP contribution is 2.33. The zero-order valence-corrected chi connectivity index (χ0v) is 12.1. The van der Waals surface area contributed by atoms with Crippen molar-refractivity contribution in [2.24, 2.45) is 5.73 Å². The first-order valence-electron chi connectivity index (χ1n) is 6.54. The maximum absolute atomic E-state index is 13.2. The number of benzene rings is 2. The molecule has 0 saturated carbocycles. The number of ether oxygens (including phenoxy) is 1. The Morgan fingerprint density at radius 3 is 2.71 bits per heavy atom. The fraction of sp³-hybridized carbons (Fsp3) is 0.125. The van der Waals surface area contributed by atoms with Crippen LogP contribution in [-0.4, -0.2) is 10.8 Å². The maximum atomic E-state index is 13.2. The van der Waals surface area contributed by atoms with Crippen LogP contribution >= 0.6 is 11.6 Å². The summed E-state index contributed by atoms with van der Waals surface area (Å²) in [6.07, 6.45) is 1.39. The molecule has 1 unspecified atom stereocenters. The van der Waals surface area contributed by atoms with E-state index in [1.807, 2.05) is 35.0 Å². The van der Waals surface area contributed by atoms with Gasteiger partial charge in [0.25, 0.3) is 0 Å². The SMILES string of the molecule is CC(N)Oc1cn(-c2ccc(F)cc2Cl)c2ccccc12. The lowest BCUT2D eigenvalue weighted by Crippen LogP contribution is -2.22. The van der Waals surface area contributed by atoms with Crippen LogP contribution in [-0.2, 0) is 0 Å². The minimum atomic E-state index is -0.423. The average molecular weight is 305 g/mol. The standard InChI is InChI=1S/C16H14ClFN2O/c1-10(19)21-16-9-20(14-5-3-2-4-12(14)16)15-7-6-11(18)8-13(15)17/h2-10H,19H2,1H3. The van der Waals surface area contributed by atoms with Crippen LogP contribution in [0.15, 0.2) is 48.7 Å². The minimum Gasteiger partial charge on any atom is -0.474 e. The van der Waals surface area contributed by atoms with Gasteiger partial charge >= 0.3 is 0 Å². The molecule has 1 heterocycles. The van der Waals surface area contributed by atoms with Crippen molar-refractivity contribution in [2.75, 3.05) is 0 Å². The van der Waals surface area contributed by atoms with Crippen molar-refractivity contribution in [1.82, 2.24) is 4.57 Å². The molecule has 0 aliphatic rings. The van der Waals surface area contributed by atoms with Gasteiger partial charge < -0.3 is 9.30 Å². The average Bonchev–Trinajstić information content (AvgIpc) is 2.77. The number of nitrogens with two attached hydrogens (primary N) is 1. The second-order valence-electron chi connectivity index (χ2n) is 4.80. The van der Waals surface area contributed by atoms with Gasteiger partial charge in [-0.15, -0.1) is 0 Å². The quantitative estimate of drug-likeness (QED) is 0.740. The van der Waals surface area contributed by atoms with Crippen LogP contribution < -0.4 is 10.5 Å². The molecule has 0 saturated heterocycles. The van der Waals surface area contributed by atoms with E-state index in [1.54, 1.807) is 13.0 Å². The summed E-state index contributed by atoms with van der Waals surface area (Å²) in [5.41, 5.74) is 7.31. The summed E-state index contributed by atoms with van der Waals surface area (Å²) in [7, 11) is 0. The highest BCUT2D eigenvalue weighted by molar-refractivity contribution is 6.32. The van der Waals surface area contributed by atoms with E-state index in [9.17, 15) is 4.39 Å². The molecule has 0 aliphatic carbocycles. The van der Waals surface area contributed by atoms with E-state index in [4.69, 9.17) is 22.1 Å². The molecule has 0 aliphatic heterocycles. The maximum Gasteiger partial charge on any atom is 0.147 e. The number of nitrogens with zero attached hydrogens (tertiary/aromatic N) is 1. The van der Waals surface area contributed by atoms with Gasteiger partial charge in [-0.25, -0.2) is 4.39 Å². The number of rotatable bonds is 3. The largest absolute Gasteiger partial charge is 0.474 e. The van der Waals surface area contributed by atoms with E-state index in [0.717, 1.165) is 10.9 Å². The summed E-state index contributed by atoms with van der Waals surface area (Å²) in [5.74, 6) is 0.299. The first-order valence-corrected chi connectivity index (χ1v) is 6.92. The van der Waals surface area contributed by atoms with E-state index >= 15 is 0 Å². The molecule has 108 valence electrons. The van der Waals surface area contributed by atoms with Crippen LogP contribution in [0.3, 0.4) is 0 Å². The normalized spacial score (nSPS) is 12.6. The van der Waals surface area contributed by atoms with Crippen LogP contribution in [0.5, 0.6) is 5.75 Å². The second-order valence-corrected chi connectivity index (χ2v) is 5.21. The van der Waals surface area contributed by atoms with Gasteiger partial charge in [-0.1, -0.05) is 23.7 Å². The fourth-order valence-corrected chi connectivity index (χ4v) is 2.58. The van der Waals surface area contributed by atoms with Gasteiger partial charge in [0.1, 0.15) is 17.8 Å². The predicted molar refractivity (Wildman–Crippen MR) is 82.5 cm³/mol. The highest BCUT2D eigenvalue weighted by Gasteiger charge is 2.13. The zero-order chi connectivity index (χ0) is 15.0. The Morgan fingerprint density at radius 2 is 2.00 bits per heavy atom. The Bertz CT molecular complexity index is 798. The first kappa shape index (κ1) is 13.9. The van der Waals surface area contributed by atoms with Crippen LogP contribution in [0.2, 0.25) is 5.02 Å². The van der Waals surface area contributed by atoms with E-state index in [-0.39, 0.29) is 5.82 Å². The molecule has 0 bridgehead atoms. The van der Waals surface area contributed by atoms with Crippen LogP contribution in [0.4, 0.5) is 4.39 Å². The molecule has 0 fully saturated rings. The summed E-state index contributed by atoms with van der Waals surface area (Å²) < 4.78 is 20.7. The summed E-state index contributed by atoms with van der Waals surface area (Å²) in [4.78, 5) is 0. The number of hydrogen-bond donors (Lipinski definition) is 1. The van der Waals surface area contributed by atoms with Gasteiger partial charge in [0, 0.05) is 5.39 Å². The number of fused-ring (bicyclic) bond motifs is 1. The molecule has 21 heavy (non-hydrogen) atoms. The molecule has 0 amide bonds. The molecule has 5 heteroatoms. The Morgan fingerprint density at radius 1 is 1.24 bits per heavy atom. The van der Waals surface area contributed by atoms with Crippen molar-refractivity contribution in [2.45, 2.75) is 13.2 Å². The van der Waals surface area contributed by atoms with Crippen molar-refractivity contribution in [3.63, 3.8) is 0 Å². The first-order chi connectivity index (χ1) is 10.1. The van der Waals surface area contributed by atoms with E-state index in [1.165, 1.54) is 12.1 Å². The summed E-state index contributed by atoms with van der Waals surface area (Å²) >= 11 is 6.15. The van der Waals surface area contributed by atoms with Crippen molar-refractivity contribution in [1.29, 1.82) is 0 Å². The number of aromatic nitrogens is 1. The molecule has 3 nitrogen and oxygen atoms in total.